The van der Waals surface area contributed by atoms with Crippen LogP contribution in [0.1, 0.15) is 44.9 Å². The van der Waals surface area contributed by atoms with Crippen LogP contribution in [0.4, 0.5) is 0 Å². The Balaban J connectivity index is 2.18. The Morgan fingerprint density at radius 1 is 1.00 bits per heavy atom. The number of carbonyl (C=O) groups excluding carboxylic acids is 1. The van der Waals surface area contributed by atoms with Gasteiger partial charge in [-0.1, -0.05) is 12.8 Å². The van der Waals surface area contributed by atoms with Crippen molar-refractivity contribution in [1.82, 2.24) is 0 Å². The zero-order valence-corrected chi connectivity index (χ0v) is 9.05. The number of sulfone groups is 1. The largest absolute Gasteiger partial charge is 0.298 e. The average molecular weight is 216 g/mol. The summed E-state index contributed by atoms with van der Waals surface area (Å²) in [5, 5.41) is -0.861. The highest BCUT2D eigenvalue weighted by Crippen LogP contribution is 2.32. The van der Waals surface area contributed by atoms with Crippen molar-refractivity contribution in [3.05, 3.63) is 0 Å². The molecule has 2 aliphatic carbocycles. The number of carbonyl (C=O) groups is 1. The monoisotopic (exact) mass is 216 g/mol. The molecule has 0 spiro atoms. The fraction of sp³-hybridized carbons (Fsp3) is 0.900. The second-order valence-corrected chi connectivity index (χ2v) is 6.76. The van der Waals surface area contributed by atoms with Gasteiger partial charge in [-0.05, 0) is 25.7 Å². The molecule has 80 valence electrons. The molecule has 0 aromatic rings. The van der Waals surface area contributed by atoms with E-state index in [-0.39, 0.29) is 11.0 Å². The Kier molecular flexibility index (Phi) is 2.64. The second kappa shape index (κ2) is 3.65. The van der Waals surface area contributed by atoms with Gasteiger partial charge in [0.05, 0.1) is 5.25 Å². The van der Waals surface area contributed by atoms with Gasteiger partial charge >= 0.3 is 0 Å². The molecule has 0 heterocycles. The molecule has 4 heteroatoms. The third-order valence-corrected chi connectivity index (χ3v) is 6.10. The van der Waals surface area contributed by atoms with Crippen molar-refractivity contribution in [2.75, 3.05) is 0 Å². The molecule has 0 radical (unpaired) electrons. The van der Waals surface area contributed by atoms with E-state index in [9.17, 15) is 13.2 Å². The molecule has 0 saturated heterocycles. The van der Waals surface area contributed by atoms with E-state index >= 15 is 0 Å². The molecule has 0 bridgehead atoms. The van der Waals surface area contributed by atoms with Crippen molar-refractivity contribution in [3.8, 4) is 0 Å². The lowest BCUT2D eigenvalue weighted by Gasteiger charge is -2.15. The van der Waals surface area contributed by atoms with Gasteiger partial charge in [0.2, 0.25) is 0 Å². The predicted octanol–water partition coefficient (Wildman–Crippen LogP) is 1.47. The van der Waals surface area contributed by atoms with E-state index in [2.05, 4.69) is 0 Å². The maximum atomic E-state index is 12.0. The number of hydrogen-bond acceptors (Lipinski definition) is 3. The molecule has 2 rings (SSSR count). The third kappa shape index (κ3) is 1.60. The van der Waals surface area contributed by atoms with Gasteiger partial charge in [-0.15, -0.1) is 0 Å². The lowest BCUT2D eigenvalue weighted by atomic mass is 10.3. The zero-order chi connectivity index (χ0) is 10.2. The highest BCUT2D eigenvalue weighted by molar-refractivity contribution is 7.93. The molecule has 3 nitrogen and oxygen atoms in total. The van der Waals surface area contributed by atoms with E-state index in [0.29, 0.717) is 12.8 Å². The first-order chi connectivity index (χ1) is 6.62. The van der Waals surface area contributed by atoms with Crippen LogP contribution in [0.15, 0.2) is 0 Å². The molecule has 0 aliphatic heterocycles. The quantitative estimate of drug-likeness (QED) is 0.702. The van der Waals surface area contributed by atoms with E-state index in [1.54, 1.807) is 0 Å². The molecule has 2 aliphatic rings. The maximum absolute atomic E-state index is 12.0. The summed E-state index contributed by atoms with van der Waals surface area (Å²) < 4.78 is 24.0. The first-order valence-electron chi connectivity index (χ1n) is 5.38. The first kappa shape index (κ1) is 10.1. The molecule has 0 N–H and O–H groups in total. The Bertz CT molecular complexity index is 325. The van der Waals surface area contributed by atoms with E-state index in [1.807, 2.05) is 0 Å². The van der Waals surface area contributed by atoms with E-state index < -0.39 is 15.1 Å². The van der Waals surface area contributed by atoms with Crippen molar-refractivity contribution in [2.45, 2.75) is 55.4 Å². The zero-order valence-electron chi connectivity index (χ0n) is 8.24. The van der Waals surface area contributed by atoms with Gasteiger partial charge in [0.25, 0.3) is 0 Å². The first-order valence-corrected chi connectivity index (χ1v) is 6.99. The summed E-state index contributed by atoms with van der Waals surface area (Å²) in [5.74, 6) is -0.0445. The minimum absolute atomic E-state index is 0.0445. The van der Waals surface area contributed by atoms with Crippen molar-refractivity contribution in [2.24, 2.45) is 0 Å². The molecule has 1 atom stereocenters. The van der Waals surface area contributed by atoms with Crippen LogP contribution >= 0.6 is 0 Å². The molecule has 1 unspecified atom stereocenters. The maximum Gasteiger partial charge on any atom is 0.163 e. The van der Waals surface area contributed by atoms with E-state index in [0.717, 1.165) is 32.1 Å². The molecule has 0 aromatic heterocycles. The van der Waals surface area contributed by atoms with Gasteiger partial charge in [0.1, 0.15) is 5.25 Å². The van der Waals surface area contributed by atoms with E-state index in [1.165, 1.54) is 0 Å². The molecule has 2 saturated carbocycles. The van der Waals surface area contributed by atoms with Gasteiger partial charge in [-0.2, -0.15) is 0 Å². The summed E-state index contributed by atoms with van der Waals surface area (Å²) in [5.41, 5.74) is 0. The van der Waals surface area contributed by atoms with Crippen molar-refractivity contribution < 1.29 is 13.2 Å². The fourth-order valence-electron chi connectivity index (χ4n) is 2.58. The van der Waals surface area contributed by atoms with Crippen LogP contribution < -0.4 is 0 Å². The van der Waals surface area contributed by atoms with Gasteiger partial charge in [-0.3, -0.25) is 4.79 Å². The van der Waals surface area contributed by atoms with Crippen LogP contribution in [0.5, 0.6) is 0 Å². The van der Waals surface area contributed by atoms with Gasteiger partial charge in [0.15, 0.2) is 15.6 Å². The Hall–Kier alpha value is -0.380. The van der Waals surface area contributed by atoms with Crippen LogP contribution in [-0.4, -0.2) is 24.7 Å². The standard InChI is InChI=1S/C10H16O3S/c11-9-6-3-7-10(9)14(12,13)8-4-1-2-5-8/h8,10H,1-7H2. The lowest BCUT2D eigenvalue weighted by molar-refractivity contribution is -0.117. The van der Waals surface area contributed by atoms with Gasteiger partial charge in [0, 0.05) is 6.42 Å². The molecule has 0 aromatic carbocycles. The SMILES string of the molecule is O=C1CCCC1S(=O)(=O)C1CCCC1. The molecule has 14 heavy (non-hydrogen) atoms. The number of Topliss-reactive ketones (excluding diaryl/α,β-unsaturated/α-hetero) is 1. The minimum Gasteiger partial charge on any atom is -0.298 e. The minimum atomic E-state index is -3.14. The molecular weight excluding hydrogens is 200 g/mol. The summed E-state index contributed by atoms with van der Waals surface area (Å²) in [7, 11) is -3.14. The smallest absolute Gasteiger partial charge is 0.163 e. The number of ketones is 1. The van der Waals surface area contributed by atoms with Crippen LogP contribution in [0.25, 0.3) is 0 Å². The van der Waals surface area contributed by atoms with Gasteiger partial charge < -0.3 is 0 Å². The number of rotatable bonds is 2. The summed E-state index contributed by atoms with van der Waals surface area (Å²) >= 11 is 0. The molecule has 2 fully saturated rings. The highest BCUT2D eigenvalue weighted by atomic mass is 32.2. The van der Waals surface area contributed by atoms with Gasteiger partial charge in [-0.25, -0.2) is 8.42 Å². The van der Waals surface area contributed by atoms with Crippen molar-refractivity contribution in [3.63, 3.8) is 0 Å². The average Bonchev–Trinajstić information content (AvgIpc) is 2.72. The van der Waals surface area contributed by atoms with Crippen LogP contribution in [0, 0.1) is 0 Å². The Labute approximate surface area is 84.8 Å². The fourth-order valence-corrected chi connectivity index (χ4v) is 5.01. The Morgan fingerprint density at radius 3 is 2.14 bits per heavy atom. The predicted molar refractivity (Wildman–Crippen MR) is 53.8 cm³/mol. The second-order valence-electron chi connectivity index (χ2n) is 4.34. The summed E-state index contributed by atoms with van der Waals surface area (Å²) in [4.78, 5) is 11.4. The molecule has 0 amide bonds. The highest BCUT2D eigenvalue weighted by Gasteiger charge is 2.41. The molecular formula is C10H16O3S. The normalized spacial score (nSPS) is 30.0. The van der Waals surface area contributed by atoms with E-state index in [4.69, 9.17) is 0 Å². The number of hydrogen-bond donors (Lipinski definition) is 0. The topological polar surface area (TPSA) is 51.2 Å². The summed E-state index contributed by atoms with van der Waals surface area (Å²) in [6.45, 7) is 0. The van der Waals surface area contributed by atoms with Crippen molar-refractivity contribution >= 4 is 15.6 Å². The van der Waals surface area contributed by atoms with Crippen LogP contribution in [0.3, 0.4) is 0 Å². The third-order valence-electron chi connectivity index (χ3n) is 3.41. The Morgan fingerprint density at radius 2 is 1.64 bits per heavy atom. The van der Waals surface area contributed by atoms with Crippen LogP contribution in [0.2, 0.25) is 0 Å². The lowest BCUT2D eigenvalue weighted by Crippen LogP contribution is -2.33. The summed E-state index contributed by atoms with van der Waals surface area (Å²) in [6.07, 6.45) is 5.34. The van der Waals surface area contributed by atoms with Crippen LogP contribution in [-0.2, 0) is 14.6 Å². The summed E-state index contributed by atoms with van der Waals surface area (Å²) in [6, 6.07) is 0. The van der Waals surface area contributed by atoms with Crippen molar-refractivity contribution in [1.29, 1.82) is 0 Å².